The van der Waals surface area contributed by atoms with Gasteiger partial charge in [0.05, 0.1) is 22.7 Å². The van der Waals surface area contributed by atoms with Crippen molar-refractivity contribution in [1.29, 1.82) is 0 Å². The second-order valence-electron chi connectivity index (χ2n) is 10.2. The normalized spacial score (nSPS) is 15.0. The van der Waals surface area contributed by atoms with Crippen LogP contribution in [0.1, 0.15) is 42.6 Å². The van der Waals surface area contributed by atoms with E-state index < -0.39 is 35.3 Å². The van der Waals surface area contributed by atoms with Crippen LogP contribution in [0, 0.1) is 0 Å². The minimum Gasteiger partial charge on any atom is -0.481 e. The number of carboxylic acids is 1. The Labute approximate surface area is 246 Å². The van der Waals surface area contributed by atoms with E-state index in [0.717, 1.165) is 25.9 Å². The Bertz CT molecular complexity index is 1790. The number of ether oxygens (including phenoxy) is 1. The first-order valence-corrected chi connectivity index (χ1v) is 14.6. The van der Waals surface area contributed by atoms with Crippen LogP contribution < -0.4 is 5.32 Å². The SMILES string of the molecule is C[C@@H](OC(=O)Nc1c(-c2cc3sc(-c4ccc(C5(C(=O)O)CC5)cc4C(F)(F)F)cc3s2)cnn1C)c1ccccc1. The van der Waals surface area contributed by atoms with Gasteiger partial charge in [-0.05, 0) is 49.1 Å². The van der Waals surface area contributed by atoms with Gasteiger partial charge in [-0.15, -0.1) is 22.7 Å². The van der Waals surface area contributed by atoms with E-state index in [4.69, 9.17) is 4.74 Å². The topological polar surface area (TPSA) is 93.4 Å². The second-order valence-corrected chi connectivity index (χ2v) is 12.4. The standard InChI is InChI=1S/C30H24F3N3O4S2/c1-16(17-6-4-3-5-7-17)40-28(39)35-26-20(15-34-36(26)2)23-14-25-24(42-23)13-22(41-25)19-9-8-18(12-21(19)30(31,32)33)29(10-11-29)27(37)38/h3-9,12-16H,10-11H2,1-2H3,(H,35,39)(H,37,38)/t16-/m1/s1. The predicted molar refractivity (Wildman–Crippen MR) is 156 cm³/mol. The minimum atomic E-state index is -4.65. The Morgan fingerprint density at radius 1 is 1.02 bits per heavy atom. The molecule has 12 heteroatoms. The molecule has 0 spiro atoms. The van der Waals surface area contributed by atoms with E-state index >= 15 is 0 Å². The first-order valence-electron chi connectivity index (χ1n) is 13.0. The maximum Gasteiger partial charge on any atom is 0.417 e. The average Bonchev–Trinajstić information content (AvgIpc) is 3.37. The molecule has 216 valence electrons. The molecule has 1 aliphatic rings. The molecule has 1 fully saturated rings. The highest BCUT2D eigenvalue weighted by atomic mass is 32.1. The Morgan fingerprint density at radius 2 is 1.67 bits per heavy atom. The van der Waals surface area contributed by atoms with Crippen LogP contribution in [-0.2, 0) is 28.2 Å². The van der Waals surface area contributed by atoms with Gasteiger partial charge in [-0.25, -0.2) is 4.79 Å². The molecule has 1 atom stereocenters. The zero-order valence-corrected chi connectivity index (χ0v) is 24.0. The molecule has 1 aliphatic carbocycles. The number of aliphatic carboxylic acids is 1. The van der Waals surface area contributed by atoms with E-state index in [-0.39, 0.29) is 11.1 Å². The van der Waals surface area contributed by atoms with Gasteiger partial charge in [-0.3, -0.25) is 14.8 Å². The van der Waals surface area contributed by atoms with Crippen molar-refractivity contribution in [3.63, 3.8) is 0 Å². The van der Waals surface area contributed by atoms with Crippen molar-refractivity contribution in [2.75, 3.05) is 5.32 Å². The largest absolute Gasteiger partial charge is 0.481 e. The predicted octanol–water partition coefficient (Wildman–Crippen LogP) is 8.48. The van der Waals surface area contributed by atoms with Crippen molar-refractivity contribution < 1.29 is 32.6 Å². The van der Waals surface area contributed by atoms with Crippen molar-refractivity contribution in [2.24, 2.45) is 7.05 Å². The summed E-state index contributed by atoms with van der Waals surface area (Å²) >= 11 is 2.59. The number of alkyl halides is 3. The van der Waals surface area contributed by atoms with Crippen LogP contribution in [0.4, 0.5) is 23.8 Å². The first kappa shape index (κ1) is 28.0. The van der Waals surface area contributed by atoms with Gasteiger partial charge in [0.2, 0.25) is 0 Å². The highest BCUT2D eigenvalue weighted by Crippen LogP contribution is 2.51. The van der Waals surface area contributed by atoms with Crippen molar-refractivity contribution in [3.8, 4) is 20.9 Å². The maximum absolute atomic E-state index is 14.1. The number of aryl methyl sites for hydroxylation is 1. The van der Waals surface area contributed by atoms with E-state index in [1.807, 2.05) is 36.4 Å². The molecule has 5 aromatic rings. The van der Waals surface area contributed by atoms with Crippen LogP contribution in [0.2, 0.25) is 0 Å². The Balaban J connectivity index is 1.27. The summed E-state index contributed by atoms with van der Waals surface area (Å²) in [6, 6.07) is 16.8. The third kappa shape index (κ3) is 5.05. The van der Waals surface area contributed by atoms with Crippen LogP contribution in [-0.4, -0.2) is 26.9 Å². The fraction of sp³-hybridized carbons (Fsp3) is 0.233. The highest BCUT2D eigenvalue weighted by molar-refractivity contribution is 7.31. The third-order valence-electron chi connectivity index (χ3n) is 7.49. The lowest BCUT2D eigenvalue weighted by atomic mass is 9.92. The first-order chi connectivity index (χ1) is 20.0. The number of amides is 1. The van der Waals surface area contributed by atoms with Crippen molar-refractivity contribution in [2.45, 2.75) is 37.5 Å². The number of halogens is 3. The fourth-order valence-electron chi connectivity index (χ4n) is 4.99. The molecule has 6 rings (SSSR count). The molecular formula is C30H24F3N3O4S2. The zero-order valence-electron chi connectivity index (χ0n) is 22.4. The van der Waals surface area contributed by atoms with Gasteiger partial charge in [0.15, 0.2) is 0 Å². The lowest BCUT2D eigenvalue weighted by Gasteiger charge is -2.17. The van der Waals surface area contributed by atoms with Gasteiger partial charge in [0.25, 0.3) is 0 Å². The average molecular weight is 612 g/mol. The molecule has 2 N–H and O–H groups in total. The summed E-state index contributed by atoms with van der Waals surface area (Å²) in [5.74, 6) is -0.674. The smallest absolute Gasteiger partial charge is 0.417 e. The number of carbonyl (C=O) groups is 2. The summed E-state index contributed by atoms with van der Waals surface area (Å²) in [4.78, 5) is 25.6. The van der Waals surface area contributed by atoms with E-state index in [2.05, 4.69) is 10.4 Å². The molecule has 1 amide bonds. The van der Waals surface area contributed by atoms with Crippen LogP contribution in [0.25, 0.3) is 30.3 Å². The summed E-state index contributed by atoms with van der Waals surface area (Å²) in [5, 5.41) is 16.6. The van der Waals surface area contributed by atoms with E-state index in [0.29, 0.717) is 29.1 Å². The summed E-state index contributed by atoms with van der Waals surface area (Å²) in [6.07, 6.45) is -3.50. The molecule has 3 heterocycles. The van der Waals surface area contributed by atoms with Gasteiger partial charge in [-0.1, -0.05) is 42.5 Å². The van der Waals surface area contributed by atoms with Gasteiger partial charge in [-0.2, -0.15) is 18.3 Å². The van der Waals surface area contributed by atoms with E-state index in [1.165, 1.54) is 39.5 Å². The molecule has 1 saturated carbocycles. The highest BCUT2D eigenvalue weighted by Gasteiger charge is 2.52. The summed E-state index contributed by atoms with van der Waals surface area (Å²) in [7, 11) is 1.69. The van der Waals surface area contributed by atoms with Crippen LogP contribution >= 0.6 is 22.7 Å². The number of anilines is 1. The number of benzene rings is 2. The minimum absolute atomic E-state index is 0.0152. The number of carboxylic acid groups (broad SMARTS) is 1. The number of rotatable bonds is 7. The van der Waals surface area contributed by atoms with Crippen LogP contribution in [0.5, 0.6) is 0 Å². The van der Waals surface area contributed by atoms with E-state index in [1.54, 1.807) is 26.2 Å². The van der Waals surface area contributed by atoms with Crippen molar-refractivity contribution >= 4 is 50.0 Å². The lowest BCUT2D eigenvalue weighted by Crippen LogP contribution is -2.20. The zero-order chi connectivity index (χ0) is 29.8. The molecular weight excluding hydrogens is 587 g/mol. The number of hydrogen-bond acceptors (Lipinski definition) is 6. The maximum atomic E-state index is 14.1. The summed E-state index contributed by atoms with van der Waals surface area (Å²) < 4.78 is 51.0. The molecule has 0 radical (unpaired) electrons. The molecule has 0 unspecified atom stereocenters. The number of nitrogens with one attached hydrogen (secondary N) is 1. The Hall–Kier alpha value is -4.16. The number of hydrogen-bond donors (Lipinski definition) is 2. The van der Waals surface area contributed by atoms with Gasteiger partial charge >= 0.3 is 18.2 Å². The summed E-state index contributed by atoms with van der Waals surface area (Å²) in [6.45, 7) is 1.78. The molecule has 0 aliphatic heterocycles. The van der Waals surface area contributed by atoms with Crippen molar-refractivity contribution in [3.05, 3.63) is 83.6 Å². The molecule has 2 aromatic carbocycles. The number of aromatic nitrogens is 2. The van der Waals surface area contributed by atoms with E-state index in [9.17, 15) is 27.9 Å². The Morgan fingerprint density at radius 3 is 2.26 bits per heavy atom. The molecule has 0 saturated heterocycles. The molecule has 3 aromatic heterocycles. The van der Waals surface area contributed by atoms with Crippen LogP contribution in [0.3, 0.4) is 0 Å². The van der Waals surface area contributed by atoms with Crippen LogP contribution in [0.15, 0.2) is 66.9 Å². The monoisotopic (exact) mass is 611 g/mol. The number of nitrogens with zero attached hydrogens (tertiary/aromatic N) is 2. The number of fused-ring (bicyclic) bond motifs is 1. The second kappa shape index (κ2) is 10.3. The molecule has 7 nitrogen and oxygen atoms in total. The lowest BCUT2D eigenvalue weighted by molar-refractivity contribution is -0.141. The third-order valence-corrected chi connectivity index (χ3v) is 9.85. The summed E-state index contributed by atoms with van der Waals surface area (Å²) in [5.41, 5.74) is -0.375. The quantitative estimate of drug-likeness (QED) is 0.193. The fourth-order valence-corrected chi connectivity index (χ4v) is 7.43. The van der Waals surface area contributed by atoms with Gasteiger partial charge in [0, 0.05) is 31.8 Å². The molecule has 42 heavy (non-hydrogen) atoms. The molecule has 0 bridgehead atoms. The van der Waals surface area contributed by atoms with Gasteiger partial charge in [0.1, 0.15) is 11.9 Å². The number of thiophene rings is 2. The Kier molecular flexibility index (Phi) is 6.85. The number of carbonyl (C=O) groups excluding carboxylic acids is 1. The van der Waals surface area contributed by atoms with Crippen molar-refractivity contribution in [1.82, 2.24) is 9.78 Å². The van der Waals surface area contributed by atoms with Gasteiger partial charge < -0.3 is 9.84 Å².